The lowest BCUT2D eigenvalue weighted by molar-refractivity contribution is -0.121. The van der Waals surface area contributed by atoms with Crippen molar-refractivity contribution >= 4 is 21.6 Å². The smallest absolute Gasteiger partial charge is 0.232 e. The molecular weight excluding hydrogens is 416 g/mol. The average molecular weight is 449 g/mol. The normalized spacial score (nSPS) is 12.2. The molecule has 2 aromatic carbocycles. The van der Waals surface area contributed by atoms with E-state index in [9.17, 15) is 13.2 Å². The van der Waals surface area contributed by atoms with Crippen LogP contribution in [0.2, 0.25) is 0 Å². The molecule has 8 heteroatoms. The zero-order chi connectivity index (χ0) is 23.2. The van der Waals surface area contributed by atoms with Crippen molar-refractivity contribution in [3.63, 3.8) is 0 Å². The minimum atomic E-state index is -3.46. The van der Waals surface area contributed by atoms with Crippen molar-refractivity contribution in [1.82, 2.24) is 5.32 Å². The summed E-state index contributed by atoms with van der Waals surface area (Å²) in [7, 11) is -0.300. The van der Waals surface area contributed by atoms with Crippen LogP contribution in [-0.4, -0.2) is 41.3 Å². The standard InChI is InChI=1S/C23H32N2O5S/c1-16-9-10-19(14-17(16)2)25(31(6,27)28)13-7-8-23(26)24-18(3)21-15-20(29-4)11-12-22(21)30-5/h9-12,14-15,18H,7-8,13H2,1-6H3,(H,24,26)/t18-/m0/s1. The fourth-order valence-electron chi connectivity index (χ4n) is 3.32. The summed E-state index contributed by atoms with van der Waals surface area (Å²) < 4.78 is 36.6. The van der Waals surface area contributed by atoms with Crippen LogP contribution in [0.5, 0.6) is 11.5 Å². The van der Waals surface area contributed by atoms with E-state index in [1.54, 1.807) is 32.4 Å². The Balaban J connectivity index is 2.02. The number of nitrogens with zero attached hydrogens (tertiary/aromatic N) is 1. The Morgan fingerprint density at radius 3 is 2.35 bits per heavy atom. The molecule has 1 amide bonds. The fourth-order valence-corrected chi connectivity index (χ4v) is 4.28. The minimum absolute atomic E-state index is 0.161. The quantitative estimate of drug-likeness (QED) is 0.598. The number of methoxy groups -OCH3 is 2. The Morgan fingerprint density at radius 2 is 1.77 bits per heavy atom. The molecular formula is C23H32N2O5S. The van der Waals surface area contributed by atoms with Crippen LogP contribution >= 0.6 is 0 Å². The third kappa shape index (κ3) is 6.62. The fraction of sp³-hybridized carbons (Fsp3) is 0.435. The Labute approximate surface area is 185 Å². The van der Waals surface area contributed by atoms with Gasteiger partial charge >= 0.3 is 0 Å². The summed E-state index contributed by atoms with van der Waals surface area (Å²) >= 11 is 0. The first-order valence-electron chi connectivity index (χ1n) is 10.1. The van der Waals surface area contributed by atoms with Crippen LogP contribution in [0.1, 0.15) is 42.5 Å². The Kier molecular flexibility index (Phi) is 8.33. The third-order valence-electron chi connectivity index (χ3n) is 5.22. The zero-order valence-corrected chi connectivity index (χ0v) is 19.9. The molecule has 0 radical (unpaired) electrons. The Bertz CT molecular complexity index is 1020. The molecule has 0 spiro atoms. The number of benzene rings is 2. The maximum absolute atomic E-state index is 12.5. The van der Waals surface area contributed by atoms with E-state index >= 15 is 0 Å². The highest BCUT2D eigenvalue weighted by Gasteiger charge is 2.19. The van der Waals surface area contributed by atoms with Crippen LogP contribution < -0.4 is 19.1 Å². The van der Waals surface area contributed by atoms with Gasteiger partial charge in [0, 0.05) is 18.5 Å². The molecule has 170 valence electrons. The maximum atomic E-state index is 12.5. The van der Waals surface area contributed by atoms with Gasteiger partial charge in [-0.2, -0.15) is 0 Å². The third-order valence-corrected chi connectivity index (χ3v) is 6.42. The van der Waals surface area contributed by atoms with Crippen molar-refractivity contribution in [2.45, 2.75) is 39.7 Å². The van der Waals surface area contributed by atoms with Crippen molar-refractivity contribution in [2.24, 2.45) is 0 Å². The molecule has 31 heavy (non-hydrogen) atoms. The van der Waals surface area contributed by atoms with Crippen molar-refractivity contribution in [3.8, 4) is 11.5 Å². The second-order valence-corrected chi connectivity index (χ2v) is 9.51. The number of ether oxygens (including phenoxy) is 2. The van der Waals surface area contributed by atoms with Crippen molar-refractivity contribution in [1.29, 1.82) is 0 Å². The summed E-state index contributed by atoms with van der Waals surface area (Å²) in [6.45, 7) is 6.02. The summed E-state index contributed by atoms with van der Waals surface area (Å²) in [5.41, 5.74) is 3.53. The number of carbonyl (C=O) groups excluding carboxylic acids is 1. The lowest BCUT2D eigenvalue weighted by Gasteiger charge is -2.23. The molecule has 1 N–H and O–H groups in total. The van der Waals surface area contributed by atoms with Gasteiger partial charge in [0.25, 0.3) is 0 Å². The van der Waals surface area contributed by atoms with Crippen molar-refractivity contribution in [2.75, 3.05) is 31.3 Å². The highest BCUT2D eigenvalue weighted by atomic mass is 32.2. The zero-order valence-electron chi connectivity index (χ0n) is 19.1. The van der Waals surface area contributed by atoms with Crippen LogP contribution in [0.4, 0.5) is 5.69 Å². The molecule has 0 saturated carbocycles. The Morgan fingerprint density at radius 1 is 1.06 bits per heavy atom. The lowest BCUT2D eigenvalue weighted by atomic mass is 10.1. The van der Waals surface area contributed by atoms with E-state index in [0.29, 0.717) is 23.6 Å². The monoisotopic (exact) mass is 448 g/mol. The summed E-state index contributed by atoms with van der Waals surface area (Å²) in [6, 6.07) is 10.7. The first kappa shape index (κ1) is 24.5. The minimum Gasteiger partial charge on any atom is -0.497 e. The molecule has 0 fully saturated rings. The van der Waals surface area contributed by atoms with Crippen LogP contribution in [0, 0.1) is 13.8 Å². The van der Waals surface area contributed by atoms with E-state index in [2.05, 4.69) is 5.32 Å². The SMILES string of the molecule is COc1ccc(OC)c([C@H](C)NC(=O)CCCN(c2ccc(C)c(C)c2)S(C)(=O)=O)c1. The largest absolute Gasteiger partial charge is 0.497 e. The summed E-state index contributed by atoms with van der Waals surface area (Å²) in [5.74, 6) is 1.17. The van der Waals surface area contributed by atoms with Gasteiger partial charge in [0.2, 0.25) is 15.9 Å². The van der Waals surface area contributed by atoms with Crippen LogP contribution in [0.3, 0.4) is 0 Å². The van der Waals surface area contributed by atoms with E-state index in [0.717, 1.165) is 16.7 Å². The molecule has 0 heterocycles. The molecule has 0 aliphatic carbocycles. The van der Waals surface area contributed by atoms with Gasteiger partial charge in [-0.3, -0.25) is 9.10 Å². The second kappa shape index (κ2) is 10.5. The summed E-state index contributed by atoms with van der Waals surface area (Å²) in [4.78, 5) is 12.5. The number of aryl methyl sites for hydroxylation is 2. The van der Waals surface area contributed by atoms with Gasteiger partial charge in [-0.1, -0.05) is 6.07 Å². The molecule has 0 saturated heterocycles. The molecule has 0 aliphatic heterocycles. The number of nitrogens with one attached hydrogen (secondary N) is 1. The molecule has 0 aliphatic rings. The number of rotatable bonds is 10. The Hall–Kier alpha value is -2.74. The number of sulfonamides is 1. The lowest BCUT2D eigenvalue weighted by Crippen LogP contribution is -2.32. The number of hydrogen-bond donors (Lipinski definition) is 1. The molecule has 2 aromatic rings. The number of carbonyl (C=O) groups is 1. The average Bonchev–Trinajstić information content (AvgIpc) is 2.71. The molecule has 7 nitrogen and oxygen atoms in total. The van der Waals surface area contributed by atoms with E-state index in [4.69, 9.17) is 9.47 Å². The molecule has 0 bridgehead atoms. The topological polar surface area (TPSA) is 84.9 Å². The highest BCUT2D eigenvalue weighted by Crippen LogP contribution is 2.29. The second-order valence-electron chi connectivity index (χ2n) is 7.60. The number of hydrogen-bond acceptors (Lipinski definition) is 5. The van der Waals surface area contributed by atoms with Gasteiger partial charge < -0.3 is 14.8 Å². The molecule has 2 rings (SSSR count). The van der Waals surface area contributed by atoms with Crippen LogP contribution in [-0.2, 0) is 14.8 Å². The summed E-state index contributed by atoms with van der Waals surface area (Å²) in [5, 5.41) is 2.95. The van der Waals surface area contributed by atoms with Gasteiger partial charge in [0.1, 0.15) is 11.5 Å². The van der Waals surface area contributed by atoms with Gasteiger partial charge in [-0.15, -0.1) is 0 Å². The molecule has 0 unspecified atom stereocenters. The number of anilines is 1. The number of amides is 1. The van der Waals surface area contributed by atoms with Crippen LogP contribution in [0.25, 0.3) is 0 Å². The van der Waals surface area contributed by atoms with Crippen LogP contribution in [0.15, 0.2) is 36.4 Å². The first-order valence-corrected chi connectivity index (χ1v) is 12.0. The van der Waals surface area contributed by atoms with Gasteiger partial charge in [-0.05, 0) is 68.7 Å². The summed E-state index contributed by atoms with van der Waals surface area (Å²) in [6.07, 6.45) is 1.78. The van der Waals surface area contributed by atoms with E-state index in [1.807, 2.05) is 39.0 Å². The van der Waals surface area contributed by atoms with Gasteiger partial charge in [0.05, 0.1) is 32.2 Å². The van der Waals surface area contributed by atoms with Gasteiger partial charge in [-0.25, -0.2) is 8.42 Å². The van der Waals surface area contributed by atoms with Crippen molar-refractivity contribution < 1.29 is 22.7 Å². The maximum Gasteiger partial charge on any atom is 0.232 e. The van der Waals surface area contributed by atoms with E-state index in [-0.39, 0.29) is 24.9 Å². The van der Waals surface area contributed by atoms with Crippen molar-refractivity contribution in [3.05, 3.63) is 53.1 Å². The first-order chi connectivity index (χ1) is 14.6. The predicted octanol–water partition coefficient (Wildman–Crippen LogP) is 3.74. The predicted molar refractivity (Wildman–Crippen MR) is 123 cm³/mol. The van der Waals surface area contributed by atoms with E-state index in [1.165, 1.54) is 10.6 Å². The molecule has 1 atom stereocenters. The van der Waals surface area contributed by atoms with Gasteiger partial charge in [0.15, 0.2) is 0 Å². The van der Waals surface area contributed by atoms with E-state index < -0.39 is 10.0 Å². The highest BCUT2D eigenvalue weighted by molar-refractivity contribution is 7.92. The molecule has 0 aromatic heterocycles.